The molecular weight excluding hydrogens is 431 g/mol. The molecule has 10 heteroatoms. The number of amides is 2. The van der Waals surface area contributed by atoms with Gasteiger partial charge in [0.15, 0.2) is 5.76 Å². The van der Waals surface area contributed by atoms with Crippen LogP contribution < -0.4 is 15.5 Å². The Bertz CT molecular complexity index is 1170. The molecule has 1 atom stereocenters. The Labute approximate surface area is 189 Å². The molecular formula is C23H23FN4O5. The standard InChI is InChI=1S/C23H23FN4O5/c24-18-12-16(27-14-17(13-25)32-23(27)30)5-6-19(18)26-7-8-28(31-10-9-26)22(29)21-11-15-3-1-2-4-20(15)33-21/h1-6,11-12,17H,7-10,13-14,25H2/t17-/m0/s1. The van der Waals surface area contributed by atoms with E-state index in [2.05, 4.69) is 0 Å². The van der Waals surface area contributed by atoms with Crippen LogP contribution in [0.3, 0.4) is 0 Å². The first-order valence-electron chi connectivity index (χ1n) is 10.7. The molecule has 2 amide bonds. The van der Waals surface area contributed by atoms with Gasteiger partial charge in [-0.05, 0) is 30.3 Å². The third-order valence-corrected chi connectivity index (χ3v) is 5.76. The van der Waals surface area contributed by atoms with E-state index in [4.69, 9.17) is 19.7 Å². The number of carbonyl (C=O) groups excluding carboxylic acids is 2. The second kappa shape index (κ2) is 8.72. The number of furan rings is 1. The second-order valence-corrected chi connectivity index (χ2v) is 7.86. The van der Waals surface area contributed by atoms with Gasteiger partial charge in [0.25, 0.3) is 0 Å². The van der Waals surface area contributed by atoms with Crippen LogP contribution in [-0.2, 0) is 9.57 Å². The van der Waals surface area contributed by atoms with Crippen molar-refractivity contribution in [1.82, 2.24) is 5.06 Å². The Morgan fingerprint density at radius 1 is 1.12 bits per heavy atom. The van der Waals surface area contributed by atoms with Gasteiger partial charge in [0.2, 0.25) is 0 Å². The number of hydrogen-bond donors (Lipinski definition) is 1. The second-order valence-electron chi connectivity index (χ2n) is 7.86. The van der Waals surface area contributed by atoms with Gasteiger partial charge in [-0.2, -0.15) is 0 Å². The molecule has 0 bridgehead atoms. The largest absolute Gasteiger partial charge is 0.451 e. The molecule has 2 N–H and O–H groups in total. The van der Waals surface area contributed by atoms with E-state index in [0.717, 1.165) is 5.39 Å². The summed E-state index contributed by atoms with van der Waals surface area (Å²) in [6, 6.07) is 13.6. The maximum atomic E-state index is 15.0. The molecule has 2 fully saturated rings. The fourth-order valence-electron chi connectivity index (χ4n) is 4.04. The van der Waals surface area contributed by atoms with E-state index in [0.29, 0.717) is 30.0 Å². The predicted molar refractivity (Wildman–Crippen MR) is 118 cm³/mol. The molecule has 33 heavy (non-hydrogen) atoms. The van der Waals surface area contributed by atoms with Crippen molar-refractivity contribution < 1.29 is 28.0 Å². The summed E-state index contributed by atoms with van der Waals surface area (Å²) >= 11 is 0. The van der Waals surface area contributed by atoms with Gasteiger partial charge in [0.05, 0.1) is 31.1 Å². The fourth-order valence-corrected chi connectivity index (χ4v) is 4.04. The number of halogens is 1. The summed E-state index contributed by atoms with van der Waals surface area (Å²) < 4.78 is 25.8. The van der Waals surface area contributed by atoms with Crippen molar-refractivity contribution in [3.8, 4) is 0 Å². The molecule has 2 aromatic carbocycles. The van der Waals surface area contributed by atoms with Crippen LogP contribution in [0.15, 0.2) is 52.9 Å². The molecule has 172 valence electrons. The number of benzene rings is 2. The lowest BCUT2D eigenvalue weighted by Gasteiger charge is -2.23. The van der Waals surface area contributed by atoms with Gasteiger partial charge in [-0.3, -0.25) is 14.5 Å². The first-order chi connectivity index (χ1) is 16.0. The number of nitrogens with zero attached hydrogens (tertiary/aromatic N) is 3. The van der Waals surface area contributed by atoms with Gasteiger partial charge in [-0.25, -0.2) is 14.2 Å². The average Bonchev–Trinajstić information content (AvgIpc) is 3.34. The molecule has 5 rings (SSSR count). The molecule has 9 nitrogen and oxygen atoms in total. The minimum Gasteiger partial charge on any atom is -0.451 e. The number of fused-ring (bicyclic) bond motifs is 1. The quantitative estimate of drug-likeness (QED) is 0.647. The van der Waals surface area contributed by atoms with Crippen LogP contribution in [0, 0.1) is 5.82 Å². The van der Waals surface area contributed by atoms with Crippen molar-refractivity contribution in [2.45, 2.75) is 6.10 Å². The van der Waals surface area contributed by atoms with E-state index >= 15 is 0 Å². The molecule has 2 aliphatic heterocycles. The van der Waals surface area contributed by atoms with Gasteiger partial charge >= 0.3 is 12.0 Å². The number of anilines is 2. The van der Waals surface area contributed by atoms with Gasteiger partial charge in [-0.1, -0.05) is 18.2 Å². The van der Waals surface area contributed by atoms with Crippen molar-refractivity contribution in [1.29, 1.82) is 0 Å². The Morgan fingerprint density at radius 2 is 1.97 bits per heavy atom. The first kappa shape index (κ1) is 21.2. The number of hydrogen-bond acceptors (Lipinski definition) is 7. The van der Waals surface area contributed by atoms with Crippen molar-refractivity contribution >= 4 is 34.3 Å². The maximum absolute atomic E-state index is 15.0. The highest BCUT2D eigenvalue weighted by molar-refractivity contribution is 5.95. The van der Waals surface area contributed by atoms with Crippen LogP contribution in [0.5, 0.6) is 0 Å². The normalized spacial score (nSPS) is 19.2. The third kappa shape index (κ3) is 4.10. The number of cyclic esters (lactones) is 1. The van der Waals surface area contributed by atoms with Gasteiger partial charge < -0.3 is 19.8 Å². The lowest BCUT2D eigenvalue weighted by Crippen LogP contribution is -2.34. The molecule has 0 spiro atoms. The molecule has 3 aromatic rings. The predicted octanol–water partition coefficient (Wildman–Crippen LogP) is 2.75. The summed E-state index contributed by atoms with van der Waals surface area (Å²) in [6.45, 7) is 1.67. The molecule has 0 aliphatic carbocycles. The van der Waals surface area contributed by atoms with E-state index in [1.165, 1.54) is 16.0 Å². The highest BCUT2D eigenvalue weighted by Gasteiger charge is 2.32. The Hall–Kier alpha value is -3.63. The van der Waals surface area contributed by atoms with E-state index in [-0.39, 0.29) is 37.9 Å². The summed E-state index contributed by atoms with van der Waals surface area (Å²) in [6.07, 6.45) is -0.946. The topological polar surface area (TPSA) is 101 Å². The van der Waals surface area contributed by atoms with Crippen molar-refractivity contribution in [2.75, 3.05) is 49.1 Å². The summed E-state index contributed by atoms with van der Waals surface area (Å²) in [5.41, 5.74) is 6.96. The molecule has 3 heterocycles. The number of rotatable bonds is 4. The highest BCUT2D eigenvalue weighted by Crippen LogP contribution is 2.28. The smallest absolute Gasteiger partial charge is 0.414 e. The number of nitrogens with two attached hydrogens (primary N) is 1. The van der Waals surface area contributed by atoms with Crippen molar-refractivity contribution in [2.24, 2.45) is 5.73 Å². The Balaban J connectivity index is 1.28. The van der Waals surface area contributed by atoms with E-state index in [1.807, 2.05) is 18.2 Å². The van der Waals surface area contributed by atoms with Crippen molar-refractivity contribution in [3.05, 3.63) is 60.1 Å². The Morgan fingerprint density at radius 3 is 2.73 bits per heavy atom. The molecule has 2 saturated heterocycles. The zero-order valence-corrected chi connectivity index (χ0v) is 17.8. The van der Waals surface area contributed by atoms with Gasteiger partial charge in [-0.15, -0.1) is 0 Å². The molecule has 1 aromatic heterocycles. The first-order valence-corrected chi connectivity index (χ1v) is 10.7. The number of carbonyl (C=O) groups is 2. The SMILES string of the molecule is NC[C@H]1CN(c2ccc(N3CCON(C(=O)c4cc5ccccc5o4)CC3)c(F)c2)C(=O)O1. The molecule has 0 unspecified atom stereocenters. The number of hydroxylamine groups is 2. The molecule has 0 radical (unpaired) electrons. The highest BCUT2D eigenvalue weighted by atomic mass is 19.1. The lowest BCUT2D eigenvalue weighted by molar-refractivity contribution is -0.113. The minimum absolute atomic E-state index is 0.188. The fraction of sp³-hybridized carbons (Fsp3) is 0.304. The summed E-state index contributed by atoms with van der Waals surface area (Å²) in [5.74, 6) is -0.673. The van der Waals surface area contributed by atoms with Crippen LogP contribution >= 0.6 is 0 Å². The Kier molecular flexibility index (Phi) is 5.61. The van der Waals surface area contributed by atoms with E-state index < -0.39 is 18.0 Å². The van der Waals surface area contributed by atoms with Crippen LogP contribution in [0.25, 0.3) is 11.0 Å². The maximum Gasteiger partial charge on any atom is 0.414 e. The summed E-state index contributed by atoms with van der Waals surface area (Å²) in [4.78, 5) is 33.7. The third-order valence-electron chi connectivity index (χ3n) is 5.76. The van der Waals surface area contributed by atoms with Crippen LogP contribution in [-0.4, -0.2) is 62.5 Å². The van der Waals surface area contributed by atoms with Crippen LogP contribution in [0.4, 0.5) is 20.6 Å². The van der Waals surface area contributed by atoms with E-state index in [1.54, 1.807) is 29.2 Å². The number of para-hydroxylation sites is 1. The van der Waals surface area contributed by atoms with Crippen LogP contribution in [0.2, 0.25) is 0 Å². The average molecular weight is 454 g/mol. The van der Waals surface area contributed by atoms with Gasteiger partial charge in [0.1, 0.15) is 17.5 Å². The zero-order chi connectivity index (χ0) is 22.9. The zero-order valence-electron chi connectivity index (χ0n) is 17.8. The minimum atomic E-state index is -0.541. The molecule has 0 saturated carbocycles. The lowest BCUT2D eigenvalue weighted by atomic mass is 10.2. The van der Waals surface area contributed by atoms with E-state index in [9.17, 15) is 14.0 Å². The number of ether oxygens (including phenoxy) is 1. The summed E-state index contributed by atoms with van der Waals surface area (Å²) in [7, 11) is 0. The summed E-state index contributed by atoms with van der Waals surface area (Å²) in [5, 5.41) is 2.08. The van der Waals surface area contributed by atoms with Crippen LogP contribution in [0.1, 0.15) is 10.6 Å². The molecule has 2 aliphatic rings. The monoisotopic (exact) mass is 454 g/mol. The van der Waals surface area contributed by atoms with Crippen molar-refractivity contribution in [3.63, 3.8) is 0 Å². The van der Waals surface area contributed by atoms with Gasteiger partial charge in [0, 0.05) is 25.0 Å².